The number of fused-ring (bicyclic) bond motifs is 2. The van der Waals surface area contributed by atoms with Crippen molar-refractivity contribution in [2.45, 2.75) is 91.9 Å². The predicted molar refractivity (Wildman–Crippen MR) is 212 cm³/mol. The summed E-state index contributed by atoms with van der Waals surface area (Å²) in [5.74, 6) is 3.18. The Kier molecular flexibility index (Phi) is 13.3. The summed E-state index contributed by atoms with van der Waals surface area (Å²) in [4.78, 5) is 0. The third-order valence-corrected chi connectivity index (χ3v) is 32.9. The first-order valence-corrected chi connectivity index (χ1v) is 36.1. The van der Waals surface area contributed by atoms with Crippen LogP contribution in [0.1, 0.15) is 36.1 Å². The molecular formula is C40H52Cl2Si3Zr-2. The van der Waals surface area contributed by atoms with E-state index in [0.717, 1.165) is 25.7 Å². The van der Waals surface area contributed by atoms with Crippen molar-refractivity contribution >= 4 is 49.0 Å². The molecule has 0 amide bonds. The van der Waals surface area contributed by atoms with Crippen LogP contribution in [0.4, 0.5) is 0 Å². The first kappa shape index (κ1) is 37.8. The molecule has 0 aromatic heterocycles. The minimum atomic E-state index is -1.65. The molecule has 2 aliphatic carbocycles. The second-order valence-corrected chi connectivity index (χ2v) is 48.6. The molecule has 244 valence electrons. The summed E-state index contributed by atoms with van der Waals surface area (Å²) >= 11 is -1.65. The van der Waals surface area contributed by atoms with Crippen molar-refractivity contribution in [1.82, 2.24) is 0 Å². The fraction of sp³-hybridized carbons (Fsp3) is 0.350. The Hall–Kier alpha value is -1.01. The van der Waals surface area contributed by atoms with Crippen LogP contribution in [-0.2, 0) is 43.7 Å². The zero-order valence-corrected chi connectivity index (χ0v) is 36.6. The molecule has 6 heteroatoms. The fourth-order valence-corrected chi connectivity index (χ4v) is 8.57. The molecular weight excluding hydrogens is 727 g/mol. The van der Waals surface area contributed by atoms with E-state index in [0.29, 0.717) is 0 Å². The van der Waals surface area contributed by atoms with Gasteiger partial charge < -0.3 is 11.8 Å². The summed E-state index contributed by atoms with van der Waals surface area (Å²) in [6, 6.07) is 32.2. The third-order valence-electron chi connectivity index (χ3n) is 8.99. The van der Waals surface area contributed by atoms with Crippen LogP contribution >= 0.6 is 17.0 Å². The van der Waals surface area contributed by atoms with E-state index in [9.17, 15) is 0 Å². The molecule has 0 N–H and O–H groups in total. The van der Waals surface area contributed by atoms with Crippen LogP contribution < -0.4 is 10.4 Å². The molecule has 0 fully saturated rings. The van der Waals surface area contributed by atoms with Gasteiger partial charge >= 0.3 is 53.5 Å². The van der Waals surface area contributed by atoms with Crippen molar-refractivity contribution in [1.29, 1.82) is 0 Å². The maximum absolute atomic E-state index is 5.62. The predicted octanol–water partition coefficient (Wildman–Crippen LogP) is 11.3. The number of benzene rings is 4. The molecule has 46 heavy (non-hydrogen) atoms. The van der Waals surface area contributed by atoms with Crippen LogP contribution in [0.5, 0.6) is 0 Å². The number of hydrogen-bond acceptors (Lipinski definition) is 0. The van der Waals surface area contributed by atoms with Crippen LogP contribution in [0.3, 0.4) is 0 Å². The average Bonchev–Trinajstić information content (AvgIpc) is 3.57. The Morgan fingerprint density at radius 2 is 0.870 bits per heavy atom. The zero-order valence-electron chi connectivity index (χ0n) is 29.7. The van der Waals surface area contributed by atoms with E-state index in [1.807, 2.05) is 0 Å². The quantitative estimate of drug-likeness (QED) is 0.143. The molecule has 0 unspecified atom stereocenters. The standard InChI is InChI=1S/2C19H23Si.C2H6Si.2ClH.Zr/c2*1-14-12-16-6-5-7-18(19(16)13-14)15-8-10-17(11-9-15)20(2,3)4;1-3-2;;;/h2*5-11H,12-13H2,1-4H3;1-2H3;2*1H;/q2*-1;;;;+2/p-2. The summed E-state index contributed by atoms with van der Waals surface area (Å²) in [5.41, 5.74) is 11.5. The van der Waals surface area contributed by atoms with Gasteiger partial charge in [0.2, 0.25) is 0 Å². The Morgan fingerprint density at radius 1 is 0.543 bits per heavy atom. The first-order chi connectivity index (χ1) is 21.5. The molecule has 0 spiro atoms. The Balaban J connectivity index is 0.000000178. The molecule has 0 bridgehead atoms. The SMILES string of the molecule is C[C-]1Cc2cccc(-c3ccc([Si](C)(C)C)cc3)c2C1.C[C-]1Cc2cccc(-c3ccc([Si](C)(C)C)cc3)c2C1.C[Si](C)=[Zr]([Cl])[Cl]. The molecule has 2 aliphatic rings. The van der Waals surface area contributed by atoms with Gasteiger partial charge in [0.05, 0.1) is 16.1 Å². The van der Waals surface area contributed by atoms with Crippen LogP contribution in [0.15, 0.2) is 84.9 Å². The maximum atomic E-state index is 5.62. The van der Waals surface area contributed by atoms with E-state index in [1.54, 1.807) is 23.0 Å². The van der Waals surface area contributed by atoms with Gasteiger partial charge in [-0.25, -0.2) is 0 Å². The molecule has 6 rings (SSSR count). The summed E-state index contributed by atoms with van der Waals surface area (Å²) in [5, 5.41) is 3.08. The molecule has 4 aromatic rings. The second-order valence-electron chi connectivity index (χ2n) is 15.4. The molecule has 0 aliphatic heterocycles. The van der Waals surface area contributed by atoms with E-state index in [1.165, 1.54) is 43.8 Å². The molecule has 0 heterocycles. The Bertz CT molecular complexity index is 1530. The Labute approximate surface area is 297 Å². The third kappa shape index (κ3) is 10.0. The van der Waals surface area contributed by atoms with Gasteiger partial charge in [-0.05, 0) is 22.3 Å². The van der Waals surface area contributed by atoms with Crippen LogP contribution in [0, 0.1) is 11.8 Å². The molecule has 0 nitrogen and oxygen atoms in total. The molecule has 0 radical (unpaired) electrons. The molecule has 4 aromatic carbocycles. The topological polar surface area (TPSA) is 0 Å². The minimum absolute atomic E-state index is 0.224. The zero-order chi connectivity index (χ0) is 33.8. The van der Waals surface area contributed by atoms with Gasteiger partial charge in [0.1, 0.15) is 0 Å². The van der Waals surface area contributed by atoms with E-state index in [2.05, 4.69) is 151 Å². The number of rotatable bonds is 4. The van der Waals surface area contributed by atoms with Gasteiger partial charge in [0.25, 0.3) is 0 Å². The number of halogens is 2. The van der Waals surface area contributed by atoms with Crippen LogP contribution in [-0.4, -0.2) is 21.6 Å². The van der Waals surface area contributed by atoms with Gasteiger partial charge in [-0.2, -0.15) is 39.5 Å². The monoisotopic (exact) mass is 776 g/mol. The summed E-state index contributed by atoms with van der Waals surface area (Å²) in [6.07, 6.45) is 4.63. The summed E-state index contributed by atoms with van der Waals surface area (Å²) in [7, 11) is 8.85. The van der Waals surface area contributed by atoms with Gasteiger partial charge in [0, 0.05) is 0 Å². The van der Waals surface area contributed by atoms with E-state index >= 15 is 0 Å². The first-order valence-electron chi connectivity index (χ1n) is 16.6. The molecule has 0 saturated carbocycles. The Morgan fingerprint density at radius 3 is 1.15 bits per heavy atom. The van der Waals surface area contributed by atoms with E-state index < -0.39 is 34.1 Å². The van der Waals surface area contributed by atoms with Crippen molar-refractivity contribution < 1.29 is 18.0 Å². The normalized spacial score (nSPS) is 14.4. The molecule has 0 saturated heterocycles. The van der Waals surface area contributed by atoms with Gasteiger partial charge in [0.15, 0.2) is 0 Å². The van der Waals surface area contributed by atoms with E-state index in [-0.39, 0.29) is 5.43 Å². The fourth-order valence-electron chi connectivity index (χ4n) is 6.24. The summed E-state index contributed by atoms with van der Waals surface area (Å²) < 4.78 is 0. The van der Waals surface area contributed by atoms with Crippen molar-refractivity contribution in [3.8, 4) is 22.3 Å². The summed E-state index contributed by atoms with van der Waals surface area (Å²) in [6.45, 7) is 23.3. The van der Waals surface area contributed by atoms with Crippen molar-refractivity contribution in [3.63, 3.8) is 0 Å². The van der Waals surface area contributed by atoms with Crippen molar-refractivity contribution in [2.75, 3.05) is 0 Å². The number of hydrogen-bond donors (Lipinski definition) is 0. The van der Waals surface area contributed by atoms with Gasteiger partial charge in [-0.15, -0.1) is 0 Å². The van der Waals surface area contributed by atoms with Crippen molar-refractivity contribution in [2.24, 2.45) is 0 Å². The van der Waals surface area contributed by atoms with E-state index in [4.69, 9.17) is 17.0 Å². The van der Waals surface area contributed by atoms with Gasteiger partial charge in [-0.1, -0.05) is 157 Å². The van der Waals surface area contributed by atoms with Crippen molar-refractivity contribution in [3.05, 3.63) is 119 Å². The van der Waals surface area contributed by atoms with Crippen LogP contribution in [0.25, 0.3) is 22.3 Å². The average molecular weight is 779 g/mol. The van der Waals surface area contributed by atoms with Gasteiger partial charge in [-0.3, -0.25) is 0 Å². The van der Waals surface area contributed by atoms with Crippen LogP contribution in [0.2, 0.25) is 52.4 Å². The second kappa shape index (κ2) is 16.1. The molecule has 0 atom stereocenters.